The standard InChI is InChI=1S/C26H23F4N5OS2/c27-17-1-2-18(28)21(15-17)38-34-20-4-3-19(29)22(23(20)30)24-25(16-5-7-31-8-6-16)37-26(33-24)32-9-10-35-11-13-36-14-12-35/h1-8,15,34H,9-14H2,(H,32,33). The molecule has 0 atom stereocenters. The maximum Gasteiger partial charge on any atom is 0.183 e. The highest BCUT2D eigenvalue weighted by molar-refractivity contribution is 8.00. The summed E-state index contributed by atoms with van der Waals surface area (Å²) >= 11 is 1.98. The van der Waals surface area contributed by atoms with Gasteiger partial charge in [0, 0.05) is 38.6 Å². The van der Waals surface area contributed by atoms with E-state index in [2.05, 4.69) is 24.9 Å². The Morgan fingerprint density at radius 3 is 2.53 bits per heavy atom. The number of hydrogen-bond donors (Lipinski definition) is 2. The van der Waals surface area contributed by atoms with E-state index in [4.69, 9.17) is 4.74 Å². The smallest absolute Gasteiger partial charge is 0.183 e. The van der Waals surface area contributed by atoms with Crippen molar-refractivity contribution in [3.63, 3.8) is 0 Å². The normalized spacial score (nSPS) is 14.0. The van der Waals surface area contributed by atoms with Crippen molar-refractivity contribution >= 4 is 34.1 Å². The van der Waals surface area contributed by atoms with Gasteiger partial charge in [-0.3, -0.25) is 9.88 Å². The molecule has 0 aliphatic carbocycles. The zero-order valence-corrected chi connectivity index (χ0v) is 21.7. The Bertz CT molecular complexity index is 1400. The number of thiazole rings is 1. The van der Waals surface area contributed by atoms with Gasteiger partial charge in [-0.15, -0.1) is 0 Å². The number of ether oxygens (including phenoxy) is 1. The van der Waals surface area contributed by atoms with Crippen molar-refractivity contribution in [3.8, 4) is 21.7 Å². The van der Waals surface area contributed by atoms with E-state index in [1.807, 2.05) is 0 Å². The van der Waals surface area contributed by atoms with Crippen LogP contribution in [0.1, 0.15) is 0 Å². The number of rotatable bonds is 9. The molecule has 0 bridgehead atoms. The number of morpholine rings is 1. The summed E-state index contributed by atoms with van der Waals surface area (Å²) in [6, 6.07) is 8.78. The van der Waals surface area contributed by atoms with Gasteiger partial charge in [-0.25, -0.2) is 22.5 Å². The molecule has 1 aliphatic heterocycles. The van der Waals surface area contributed by atoms with E-state index in [0.29, 0.717) is 47.3 Å². The SMILES string of the molecule is Fc1ccc(F)c(SNc2ccc(F)c(-c3nc(NCCN4CCOCC4)sc3-c3ccncc3)c2F)c1. The molecule has 2 aromatic heterocycles. The second-order valence-electron chi connectivity index (χ2n) is 8.38. The minimum Gasteiger partial charge on any atom is -0.379 e. The van der Waals surface area contributed by atoms with E-state index >= 15 is 8.78 Å². The fraction of sp³-hybridized carbons (Fsp3) is 0.231. The van der Waals surface area contributed by atoms with Crippen molar-refractivity contribution in [2.24, 2.45) is 0 Å². The minimum absolute atomic E-state index is 0.0619. The van der Waals surface area contributed by atoms with E-state index in [-0.39, 0.29) is 21.8 Å². The Kier molecular flexibility index (Phi) is 8.42. The molecular weight excluding hydrogens is 538 g/mol. The van der Waals surface area contributed by atoms with Crippen molar-refractivity contribution in [2.45, 2.75) is 4.90 Å². The summed E-state index contributed by atoms with van der Waals surface area (Å²) in [5, 5.41) is 3.79. The molecule has 0 unspecified atom stereocenters. The number of nitrogens with one attached hydrogen (secondary N) is 2. The average Bonchev–Trinajstić information content (AvgIpc) is 3.35. The fourth-order valence-electron chi connectivity index (χ4n) is 3.92. The Morgan fingerprint density at radius 2 is 1.74 bits per heavy atom. The molecule has 198 valence electrons. The number of anilines is 2. The third-order valence-electron chi connectivity index (χ3n) is 5.87. The van der Waals surface area contributed by atoms with Crippen LogP contribution in [0.5, 0.6) is 0 Å². The van der Waals surface area contributed by atoms with Crippen LogP contribution in [0.4, 0.5) is 28.4 Å². The van der Waals surface area contributed by atoms with Gasteiger partial charge in [0.25, 0.3) is 0 Å². The topological polar surface area (TPSA) is 62.3 Å². The lowest BCUT2D eigenvalue weighted by molar-refractivity contribution is 0.0398. The van der Waals surface area contributed by atoms with Gasteiger partial charge in [0.15, 0.2) is 10.9 Å². The molecule has 3 heterocycles. The van der Waals surface area contributed by atoms with E-state index < -0.39 is 23.3 Å². The number of nitrogens with zero attached hydrogens (tertiary/aromatic N) is 3. The highest BCUT2D eigenvalue weighted by Crippen LogP contribution is 2.42. The zero-order chi connectivity index (χ0) is 26.5. The van der Waals surface area contributed by atoms with Crippen LogP contribution in [-0.4, -0.2) is 54.3 Å². The zero-order valence-electron chi connectivity index (χ0n) is 20.0. The predicted molar refractivity (Wildman–Crippen MR) is 142 cm³/mol. The van der Waals surface area contributed by atoms with Gasteiger partial charge >= 0.3 is 0 Å². The molecule has 0 amide bonds. The van der Waals surface area contributed by atoms with Crippen LogP contribution in [-0.2, 0) is 4.74 Å². The largest absolute Gasteiger partial charge is 0.379 e. The number of hydrogen-bond acceptors (Lipinski definition) is 8. The number of benzene rings is 2. The summed E-state index contributed by atoms with van der Waals surface area (Å²) in [5.41, 5.74) is 0.433. The quantitative estimate of drug-likeness (QED) is 0.184. The van der Waals surface area contributed by atoms with Crippen LogP contribution in [0, 0.1) is 23.3 Å². The van der Waals surface area contributed by atoms with Crippen LogP contribution in [0.25, 0.3) is 21.7 Å². The molecule has 12 heteroatoms. The van der Waals surface area contributed by atoms with Crippen molar-refractivity contribution < 1.29 is 22.3 Å². The molecule has 5 rings (SSSR count). The summed E-state index contributed by atoms with van der Waals surface area (Å²) in [6.07, 6.45) is 3.19. The summed E-state index contributed by atoms with van der Waals surface area (Å²) < 4.78 is 66.5. The third kappa shape index (κ3) is 6.09. The van der Waals surface area contributed by atoms with Crippen molar-refractivity contribution in [1.29, 1.82) is 0 Å². The van der Waals surface area contributed by atoms with Gasteiger partial charge in [-0.1, -0.05) is 11.3 Å². The lowest BCUT2D eigenvalue weighted by Gasteiger charge is -2.26. The first-order chi connectivity index (χ1) is 18.5. The molecule has 1 fully saturated rings. The van der Waals surface area contributed by atoms with E-state index in [0.717, 1.165) is 43.9 Å². The fourth-order valence-corrected chi connectivity index (χ4v) is 5.64. The molecule has 0 spiro atoms. The summed E-state index contributed by atoms with van der Waals surface area (Å²) in [5.74, 6) is -2.99. The Labute approximate surface area is 225 Å². The maximum atomic E-state index is 15.7. The van der Waals surface area contributed by atoms with E-state index in [1.54, 1.807) is 24.5 Å². The van der Waals surface area contributed by atoms with Gasteiger partial charge in [-0.05, 0) is 60.0 Å². The molecule has 1 saturated heterocycles. The first-order valence-electron chi connectivity index (χ1n) is 11.8. The number of halogens is 4. The number of pyridine rings is 1. The van der Waals surface area contributed by atoms with Crippen LogP contribution in [0.15, 0.2) is 59.8 Å². The molecule has 0 saturated carbocycles. The Hall–Kier alpha value is -3.19. The molecular formula is C26H23F4N5OS2. The summed E-state index contributed by atoms with van der Waals surface area (Å²) in [4.78, 5) is 11.4. The van der Waals surface area contributed by atoms with Crippen LogP contribution >= 0.6 is 23.3 Å². The van der Waals surface area contributed by atoms with Crippen molar-refractivity contribution in [1.82, 2.24) is 14.9 Å². The second-order valence-corrected chi connectivity index (χ2v) is 10.2. The predicted octanol–water partition coefficient (Wildman–Crippen LogP) is 6.29. The highest BCUT2D eigenvalue weighted by atomic mass is 32.2. The van der Waals surface area contributed by atoms with Gasteiger partial charge in [0.2, 0.25) is 0 Å². The summed E-state index contributed by atoms with van der Waals surface area (Å²) in [6.45, 7) is 4.47. The van der Waals surface area contributed by atoms with Crippen LogP contribution < -0.4 is 10.0 Å². The Balaban J connectivity index is 1.44. The molecule has 38 heavy (non-hydrogen) atoms. The summed E-state index contributed by atoms with van der Waals surface area (Å²) in [7, 11) is 0. The first kappa shape index (κ1) is 26.4. The van der Waals surface area contributed by atoms with Gasteiger partial charge < -0.3 is 14.8 Å². The monoisotopic (exact) mass is 561 g/mol. The van der Waals surface area contributed by atoms with E-state index in [9.17, 15) is 8.78 Å². The third-order valence-corrected chi connectivity index (χ3v) is 7.79. The number of aromatic nitrogens is 2. The molecule has 4 aromatic rings. The Morgan fingerprint density at radius 1 is 0.974 bits per heavy atom. The first-order valence-corrected chi connectivity index (χ1v) is 13.4. The van der Waals surface area contributed by atoms with Gasteiger partial charge in [0.05, 0.1) is 39.9 Å². The van der Waals surface area contributed by atoms with Crippen LogP contribution in [0.2, 0.25) is 0 Å². The lowest BCUT2D eigenvalue weighted by Crippen LogP contribution is -2.38. The molecule has 2 N–H and O–H groups in total. The molecule has 6 nitrogen and oxygen atoms in total. The van der Waals surface area contributed by atoms with Gasteiger partial charge in [-0.2, -0.15) is 0 Å². The molecule has 0 radical (unpaired) electrons. The van der Waals surface area contributed by atoms with Crippen LogP contribution in [0.3, 0.4) is 0 Å². The lowest BCUT2D eigenvalue weighted by atomic mass is 10.1. The molecule has 2 aromatic carbocycles. The maximum absolute atomic E-state index is 15.7. The highest BCUT2D eigenvalue weighted by Gasteiger charge is 2.24. The second kappa shape index (κ2) is 12.1. The van der Waals surface area contributed by atoms with E-state index in [1.165, 1.54) is 17.4 Å². The average molecular weight is 562 g/mol. The van der Waals surface area contributed by atoms with Crippen molar-refractivity contribution in [2.75, 3.05) is 49.4 Å². The minimum atomic E-state index is -0.894. The molecule has 1 aliphatic rings. The van der Waals surface area contributed by atoms with Gasteiger partial charge in [0.1, 0.15) is 17.5 Å². The van der Waals surface area contributed by atoms with Crippen molar-refractivity contribution in [3.05, 3.63) is 78.1 Å².